The first-order valence-electron chi connectivity index (χ1n) is 6.37. The van der Waals surface area contributed by atoms with E-state index in [0.29, 0.717) is 16.0 Å². The SMILES string of the molecule is CC(C)(C)c1cc(=S)nc(-c2cccc(C(F)(F)F)c2)[nH]1. The van der Waals surface area contributed by atoms with E-state index in [1.54, 1.807) is 12.1 Å². The molecule has 0 amide bonds. The van der Waals surface area contributed by atoms with E-state index in [1.165, 1.54) is 6.07 Å². The van der Waals surface area contributed by atoms with Gasteiger partial charge in [-0.05, 0) is 18.2 Å². The standard InChI is InChI=1S/C15H15F3N2S/c1-14(2,3)11-8-12(21)20-13(19-11)9-5-4-6-10(7-9)15(16,17)18/h4-8H,1-3H3,(H,19,20,21). The first-order chi connectivity index (χ1) is 9.57. The van der Waals surface area contributed by atoms with Crippen LogP contribution < -0.4 is 0 Å². The zero-order valence-corrected chi connectivity index (χ0v) is 12.7. The first kappa shape index (κ1) is 15.7. The molecule has 0 bridgehead atoms. The Morgan fingerprint density at radius 2 is 1.76 bits per heavy atom. The van der Waals surface area contributed by atoms with Crippen LogP contribution in [-0.2, 0) is 11.6 Å². The molecule has 1 heterocycles. The molecular formula is C15H15F3N2S. The fraction of sp³-hybridized carbons (Fsp3) is 0.333. The number of rotatable bonds is 1. The van der Waals surface area contributed by atoms with Crippen LogP contribution >= 0.6 is 12.2 Å². The highest BCUT2D eigenvalue weighted by Gasteiger charge is 2.30. The van der Waals surface area contributed by atoms with Gasteiger partial charge in [0.05, 0.1) is 5.56 Å². The molecule has 1 aromatic carbocycles. The molecule has 0 aliphatic carbocycles. The van der Waals surface area contributed by atoms with E-state index in [-0.39, 0.29) is 5.41 Å². The molecule has 0 aliphatic rings. The van der Waals surface area contributed by atoms with Crippen LogP contribution in [-0.4, -0.2) is 9.97 Å². The van der Waals surface area contributed by atoms with Crippen LogP contribution in [0.3, 0.4) is 0 Å². The van der Waals surface area contributed by atoms with Crippen molar-refractivity contribution < 1.29 is 13.2 Å². The number of aromatic amines is 1. The van der Waals surface area contributed by atoms with Crippen molar-refractivity contribution in [1.29, 1.82) is 0 Å². The first-order valence-corrected chi connectivity index (χ1v) is 6.78. The molecule has 2 rings (SSSR count). The molecular weight excluding hydrogens is 297 g/mol. The monoisotopic (exact) mass is 312 g/mol. The van der Waals surface area contributed by atoms with Crippen molar-refractivity contribution in [2.75, 3.05) is 0 Å². The number of halogens is 3. The highest BCUT2D eigenvalue weighted by atomic mass is 32.1. The summed E-state index contributed by atoms with van der Waals surface area (Å²) in [5.41, 5.74) is 0.284. The predicted octanol–water partition coefficient (Wildman–Crippen LogP) is 5.12. The molecule has 0 spiro atoms. The zero-order valence-electron chi connectivity index (χ0n) is 11.9. The number of benzene rings is 1. The number of hydrogen-bond acceptors (Lipinski definition) is 2. The predicted molar refractivity (Wildman–Crippen MR) is 78.6 cm³/mol. The number of alkyl halides is 3. The van der Waals surface area contributed by atoms with Crippen molar-refractivity contribution in [3.63, 3.8) is 0 Å². The van der Waals surface area contributed by atoms with Crippen molar-refractivity contribution in [2.24, 2.45) is 0 Å². The van der Waals surface area contributed by atoms with Gasteiger partial charge in [-0.2, -0.15) is 13.2 Å². The summed E-state index contributed by atoms with van der Waals surface area (Å²) in [4.78, 5) is 7.21. The van der Waals surface area contributed by atoms with Crippen LogP contribution in [0.15, 0.2) is 30.3 Å². The molecule has 0 aliphatic heterocycles. The van der Waals surface area contributed by atoms with E-state index in [2.05, 4.69) is 9.97 Å². The van der Waals surface area contributed by atoms with Gasteiger partial charge in [0.25, 0.3) is 0 Å². The lowest BCUT2D eigenvalue weighted by atomic mass is 9.92. The quantitative estimate of drug-likeness (QED) is 0.740. The second-order valence-electron chi connectivity index (χ2n) is 5.81. The Morgan fingerprint density at radius 1 is 1.10 bits per heavy atom. The van der Waals surface area contributed by atoms with E-state index in [4.69, 9.17) is 12.2 Å². The van der Waals surface area contributed by atoms with Gasteiger partial charge < -0.3 is 4.98 Å². The van der Waals surface area contributed by atoms with Crippen LogP contribution in [0.2, 0.25) is 0 Å². The summed E-state index contributed by atoms with van der Waals surface area (Å²) < 4.78 is 38.7. The average Bonchev–Trinajstić information content (AvgIpc) is 2.36. The highest BCUT2D eigenvalue weighted by Crippen LogP contribution is 2.31. The molecule has 6 heteroatoms. The van der Waals surface area contributed by atoms with Crippen molar-refractivity contribution in [3.8, 4) is 11.4 Å². The largest absolute Gasteiger partial charge is 0.416 e. The third-order valence-corrected chi connectivity index (χ3v) is 3.22. The number of nitrogens with zero attached hydrogens (tertiary/aromatic N) is 1. The molecule has 1 aromatic heterocycles. The maximum absolute atomic E-state index is 12.8. The van der Waals surface area contributed by atoms with Gasteiger partial charge in [0.2, 0.25) is 0 Å². The summed E-state index contributed by atoms with van der Waals surface area (Å²) >= 11 is 5.11. The third kappa shape index (κ3) is 3.69. The summed E-state index contributed by atoms with van der Waals surface area (Å²) in [7, 11) is 0. The second-order valence-corrected chi connectivity index (χ2v) is 6.23. The van der Waals surface area contributed by atoms with Gasteiger partial charge in [0.15, 0.2) is 0 Å². The minimum atomic E-state index is -4.38. The molecule has 0 atom stereocenters. The average molecular weight is 312 g/mol. The van der Waals surface area contributed by atoms with Gasteiger partial charge in [-0.15, -0.1) is 0 Å². The summed E-state index contributed by atoms with van der Waals surface area (Å²) in [6.07, 6.45) is -4.38. The van der Waals surface area contributed by atoms with Crippen molar-refractivity contribution in [3.05, 3.63) is 46.2 Å². The van der Waals surface area contributed by atoms with Crippen LogP contribution in [0.5, 0.6) is 0 Å². The normalized spacial score (nSPS) is 12.5. The van der Waals surface area contributed by atoms with Gasteiger partial charge >= 0.3 is 6.18 Å². The smallest absolute Gasteiger partial charge is 0.343 e. The van der Waals surface area contributed by atoms with Crippen molar-refractivity contribution >= 4 is 12.2 Å². The number of H-pyrrole nitrogens is 1. The fourth-order valence-corrected chi connectivity index (χ4v) is 2.05. The van der Waals surface area contributed by atoms with Crippen molar-refractivity contribution in [2.45, 2.75) is 32.4 Å². The highest BCUT2D eigenvalue weighted by molar-refractivity contribution is 7.71. The van der Waals surface area contributed by atoms with Gasteiger partial charge in [-0.25, -0.2) is 4.98 Å². The Hall–Kier alpha value is -1.69. The molecule has 21 heavy (non-hydrogen) atoms. The second kappa shape index (κ2) is 5.26. The molecule has 0 saturated heterocycles. The van der Waals surface area contributed by atoms with E-state index in [0.717, 1.165) is 17.8 Å². The van der Waals surface area contributed by atoms with E-state index in [9.17, 15) is 13.2 Å². The Kier molecular flexibility index (Phi) is 3.93. The Labute approximate surface area is 126 Å². The van der Waals surface area contributed by atoms with Gasteiger partial charge in [0.1, 0.15) is 10.5 Å². The van der Waals surface area contributed by atoms with Gasteiger partial charge in [-0.3, -0.25) is 0 Å². The Bertz CT molecular complexity index is 712. The summed E-state index contributed by atoms with van der Waals surface area (Å²) in [6, 6.07) is 6.77. The maximum atomic E-state index is 12.8. The van der Waals surface area contributed by atoms with Crippen LogP contribution in [0, 0.1) is 4.64 Å². The topological polar surface area (TPSA) is 28.7 Å². The lowest BCUT2D eigenvalue weighted by molar-refractivity contribution is -0.137. The molecule has 0 radical (unpaired) electrons. The van der Waals surface area contributed by atoms with Gasteiger partial charge in [-0.1, -0.05) is 45.1 Å². The number of nitrogens with one attached hydrogen (secondary N) is 1. The minimum absolute atomic E-state index is 0.202. The summed E-state index contributed by atoms with van der Waals surface area (Å²) in [5, 5.41) is 0. The lowest BCUT2D eigenvalue weighted by Crippen LogP contribution is -2.14. The molecule has 0 saturated carbocycles. The third-order valence-electron chi connectivity index (χ3n) is 3.01. The molecule has 112 valence electrons. The van der Waals surface area contributed by atoms with Crippen LogP contribution in [0.4, 0.5) is 13.2 Å². The van der Waals surface area contributed by atoms with E-state index < -0.39 is 11.7 Å². The van der Waals surface area contributed by atoms with Crippen molar-refractivity contribution in [1.82, 2.24) is 9.97 Å². The Balaban J connectivity index is 2.58. The zero-order chi connectivity index (χ0) is 15.8. The lowest BCUT2D eigenvalue weighted by Gasteiger charge is -2.19. The number of hydrogen-bond donors (Lipinski definition) is 1. The van der Waals surface area contributed by atoms with Gasteiger partial charge in [0, 0.05) is 16.7 Å². The van der Waals surface area contributed by atoms with E-state index >= 15 is 0 Å². The molecule has 2 nitrogen and oxygen atoms in total. The summed E-state index contributed by atoms with van der Waals surface area (Å²) in [5.74, 6) is 0.346. The minimum Gasteiger partial charge on any atom is -0.343 e. The van der Waals surface area contributed by atoms with Crippen LogP contribution in [0.25, 0.3) is 11.4 Å². The molecule has 0 unspecified atom stereocenters. The molecule has 0 fully saturated rings. The number of aromatic nitrogens is 2. The summed E-state index contributed by atoms with van der Waals surface area (Å²) in [6.45, 7) is 5.97. The van der Waals surface area contributed by atoms with Crippen LogP contribution in [0.1, 0.15) is 32.0 Å². The van der Waals surface area contributed by atoms with E-state index in [1.807, 2.05) is 20.8 Å². The Morgan fingerprint density at radius 3 is 2.33 bits per heavy atom. The molecule has 2 aromatic rings. The molecule has 1 N–H and O–H groups in total. The maximum Gasteiger partial charge on any atom is 0.416 e. The fourth-order valence-electron chi connectivity index (χ4n) is 1.84.